The van der Waals surface area contributed by atoms with Crippen molar-refractivity contribution in [1.29, 1.82) is 0 Å². The van der Waals surface area contributed by atoms with Gasteiger partial charge in [-0.2, -0.15) is 0 Å². The molecule has 0 spiro atoms. The highest BCUT2D eigenvalue weighted by Crippen LogP contribution is 2.31. The van der Waals surface area contributed by atoms with Crippen LogP contribution in [0.25, 0.3) is 0 Å². The molecule has 1 saturated heterocycles. The van der Waals surface area contributed by atoms with Gasteiger partial charge in [0.2, 0.25) is 0 Å². The molecule has 5 nitrogen and oxygen atoms in total. The van der Waals surface area contributed by atoms with E-state index in [9.17, 15) is 0 Å². The lowest BCUT2D eigenvalue weighted by Crippen LogP contribution is -2.33. The van der Waals surface area contributed by atoms with Gasteiger partial charge in [-0.05, 0) is 50.2 Å². The van der Waals surface area contributed by atoms with Crippen molar-refractivity contribution in [3.8, 4) is 11.5 Å². The highest BCUT2D eigenvalue weighted by Gasteiger charge is 2.11. The zero-order valence-corrected chi connectivity index (χ0v) is 18.4. The molecule has 0 aliphatic carbocycles. The fraction of sp³-hybridized carbons (Fsp3) is 0.455. The van der Waals surface area contributed by atoms with Gasteiger partial charge in [0.25, 0.3) is 0 Å². The summed E-state index contributed by atoms with van der Waals surface area (Å²) in [6.07, 6.45) is 3.92. The number of nitrogens with zero attached hydrogens (tertiary/aromatic N) is 1. The number of nitrogens with one attached hydrogen (secondary N) is 2. The summed E-state index contributed by atoms with van der Waals surface area (Å²) in [4.78, 5) is 2.46. The largest absolute Gasteiger partial charge is 0.493 e. The van der Waals surface area contributed by atoms with Gasteiger partial charge >= 0.3 is 0 Å². The number of methoxy groups -OCH3 is 1. The Labute approximate surface area is 183 Å². The lowest BCUT2D eigenvalue weighted by atomic mass is 10.1. The van der Waals surface area contributed by atoms with E-state index >= 15 is 0 Å². The van der Waals surface area contributed by atoms with Crippen molar-refractivity contribution in [2.24, 2.45) is 0 Å². The van der Waals surface area contributed by atoms with Crippen molar-refractivity contribution >= 4 is 34.6 Å². The molecule has 0 amide bonds. The van der Waals surface area contributed by atoms with Gasteiger partial charge in [0, 0.05) is 31.4 Å². The average molecular weight is 438 g/mol. The maximum Gasteiger partial charge on any atom is 0.163 e. The van der Waals surface area contributed by atoms with E-state index in [1.165, 1.54) is 32.4 Å². The first-order valence-electron chi connectivity index (χ1n) is 10.1. The molecule has 158 valence electrons. The van der Waals surface area contributed by atoms with Crippen LogP contribution in [-0.2, 0) is 0 Å². The molecule has 0 saturated carbocycles. The predicted octanol–water partition coefficient (Wildman–Crippen LogP) is 5.39. The topological polar surface area (TPSA) is 45.8 Å². The Morgan fingerprint density at radius 2 is 1.76 bits per heavy atom. The summed E-state index contributed by atoms with van der Waals surface area (Å²) in [6, 6.07) is 11.5. The minimum atomic E-state index is 0.544. The van der Waals surface area contributed by atoms with Crippen LogP contribution in [0, 0.1) is 0 Å². The normalized spacial score (nSPS) is 14.4. The average Bonchev–Trinajstić information content (AvgIpc) is 2.75. The summed E-state index contributed by atoms with van der Waals surface area (Å²) in [5, 5.41) is 7.78. The quantitative estimate of drug-likeness (QED) is 0.487. The van der Waals surface area contributed by atoms with Crippen molar-refractivity contribution < 1.29 is 9.47 Å². The van der Waals surface area contributed by atoms with Gasteiger partial charge in [-0.15, -0.1) is 0 Å². The Kier molecular flexibility index (Phi) is 8.59. The number of halogens is 2. The van der Waals surface area contributed by atoms with E-state index in [-0.39, 0.29) is 0 Å². The lowest BCUT2D eigenvalue weighted by Gasteiger charge is -2.26. The van der Waals surface area contributed by atoms with Gasteiger partial charge in [-0.3, -0.25) is 4.90 Å². The molecule has 3 rings (SSSR count). The van der Waals surface area contributed by atoms with E-state index in [2.05, 4.69) is 15.5 Å². The number of anilines is 2. The molecule has 0 atom stereocenters. The molecule has 7 heteroatoms. The maximum atomic E-state index is 6.20. The first-order chi connectivity index (χ1) is 14.2. The fourth-order valence-corrected chi connectivity index (χ4v) is 3.78. The van der Waals surface area contributed by atoms with Crippen LogP contribution in [0.2, 0.25) is 10.0 Å². The van der Waals surface area contributed by atoms with Crippen LogP contribution in [0.3, 0.4) is 0 Å². The fourth-order valence-electron chi connectivity index (χ4n) is 3.41. The van der Waals surface area contributed by atoms with E-state index in [1.54, 1.807) is 13.2 Å². The molecule has 2 aromatic rings. The molecule has 1 aliphatic heterocycles. The minimum Gasteiger partial charge on any atom is -0.493 e. The Balaban J connectivity index is 1.47. The van der Waals surface area contributed by atoms with Gasteiger partial charge in [0.1, 0.15) is 6.61 Å². The van der Waals surface area contributed by atoms with Crippen LogP contribution in [0.15, 0.2) is 36.4 Å². The van der Waals surface area contributed by atoms with Gasteiger partial charge in [-0.25, -0.2) is 0 Å². The zero-order chi connectivity index (χ0) is 20.5. The summed E-state index contributed by atoms with van der Waals surface area (Å²) in [5.74, 6) is 1.51. The molecule has 0 aromatic heterocycles. The predicted molar refractivity (Wildman–Crippen MR) is 122 cm³/mol. The van der Waals surface area contributed by atoms with Crippen molar-refractivity contribution in [3.63, 3.8) is 0 Å². The van der Waals surface area contributed by atoms with Crippen LogP contribution in [-0.4, -0.2) is 51.3 Å². The number of ether oxygens (including phenoxy) is 2. The molecule has 0 bridgehead atoms. The Hall–Kier alpha value is -1.82. The number of hydrogen-bond acceptors (Lipinski definition) is 5. The molecule has 2 N–H and O–H groups in total. The third kappa shape index (κ3) is 6.59. The van der Waals surface area contributed by atoms with E-state index in [0.717, 1.165) is 36.0 Å². The first kappa shape index (κ1) is 21.9. The Morgan fingerprint density at radius 1 is 0.966 bits per heavy atom. The summed E-state index contributed by atoms with van der Waals surface area (Å²) >= 11 is 12.2. The minimum absolute atomic E-state index is 0.544. The Bertz CT molecular complexity index is 783. The molecule has 0 unspecified atom stereocenters. The molecular weight excluding hydrogens is 409 g/mol. The highest BCUT2D eigenvalue weighted by atomic mass is 35.5. The third-order valence-corrected chi connectivity index (χ3v) is 5.82. The lowest BCUT2D eigenvalue weighted by molar-refractivity contribution is 0.180. The van der Waals surface area contributed by atoms with Crippen LogP contribution >= 0.6 is 23.2 Å². The molecule has 2 aromatic carbocycles. The van der Waals surface area contributed by atoms with Crippen LogP contribution in [0.1, 0.15) is 19.3 Å². The van der Waals surface area contributed by atoms with Crippen LogP contribution in [0.5, 0.6) is 11.5 Å². The third-order valence-electron chi connectivity index (χ3n) is 5.00. The number of benzene rings is 2. The molecule has 1 fully saturated rings. The summed E-state index contributed by atoms with van der Waals surface area (Å²) < 4.78 is 11.5. The molecule has 1 heterocycles. The molecule has 29 heavy (non-hydrogen) atoms. The van der Waals surface area contributed by atoms with Crippen LogP contribution < -0.4 is 20.1 Å². The van der Waals surface area contributed by atoms with Crippen molar-refractivity contribution in [2.45, 2.75) is 19.3 Å². The molecular formula is C22H29Cl2N3O2. The highest BCUT2D eigenvalue weighted by molar-refractivity contribution is 6.43. The Morgan fingerprint density at radius 3 is 2.55 bits per heavy atom. The number of hydrogen-bond donors (Lipinski definition) is 2. The van der Waals surface area contributed by atoms with E-state index in [0.29, 0.717) is 23.2 Å². The maximum absolute atomic E-state index is 6.20. The second-order valence-electron chi connectivity index (χ2n) is 7.07. The number of rotatable bonds is 10. The van der Waals surface area contributed by atoms with E-state index < -0.39 is 0 Å². The van der Waals surface area contributed by atoms with Gasteiger partial charge in [-0.1, -0.05) is 35.7 Å². The molecule has 0 radical (unpaired) electrons. The van der Waals surface area contributed by atoms with Crippen LogP contribution in [0.4, 0.5) is 11.4 Å². The van der Waals surface area contributed by atoms with Crippen molar-refractivity contribution in [2.75, 3.05) is 57.1 Å². The SMILES string of the molecule is COc1ccc(NCCNc2cccc(Cl)c2Cl)cc1OCCN1CCCCC1. The number of likely N-dealkylation sites (tertiary alicyclic amines) is 1. The van der Waals surface area contributed by atoms with E-state index in [4.69, 9.17) is 32.7 Å². The standard InChI is InChI=1S/C22H29Cl2N3O2/c1-28-20-9-8-17(16-21(20)29-15-14-27-12-3-2-4-13-27)25-10-11-26-19-7-5-6-18(23)22(19)24/h5-9,16,25-26H,2-4,10-15H2,1H3. The second-order valence-corrected chi connectivity index (χ2v) is 7.86. The molecule has 1 aliphatic rings. The monoisotopic (exact) mass is 437 g/mol. The zero-order valence-electron chi connectivity index (χ0n) is 16.8. The van der Waals surface area contributed by atoms with Gasteiger partial charge in [0.15, 0.2) is 11.5 Å². The van der Waals surface area contributed by atoms with E-state index in [1.807, 2.05) is 30.3 Å². The second kappa shape index (κ2) is 11.4. The number of piperidine rings is 1. The van der Waals surface area contributed by atoms with Crippen molar-refractivity contribution in [3.05, 3.63) is 46.4 Å². The van der Waals surface area contributed by atoms with Gasteiger partial charge in [0.05, 0.1) is 22.8 Å². The summed E-state index contributed by atoms with van der Waals surface area (Å²) in [5.41, 5.74) is 1.81. The first-order valence-corrected chi connectivity index (χ1v) is 10.9. The van der Waals surface area contributed by atoms with Gasteiger partial charge < -0.3 is 20.1 Å². The summed E-state index contributed by atoms with van der Waals surface area (Å²) in [7, 11) is 1.67. The van der Waals surface area contributed by atoms with Crippen molar-refractivity contribution in [1.82, 2.24) is 4.90 Å². The summed E-state index contributed by atoms with van der Waals surface area (Å²) in [6.45, 7) is 5.39. The smallest absolute Gasteiger partial charge is 0.163 e.